The molecule has 0 saturated heterocycles. The summed E-state index contributed by atoms with van der Waals surface area (Å²) in [6.07, 6.45) is -1.57. The predicted molar refractivity (Wildman–Crippen MR) is 203 cm³/mol. The van der Waals surface area contributed by atoms with Crippen LogP contribution in [0.5, 0.6) is 11.5 Å². The summed E-state index contributed by atoms with van der Waals surface area (Å²) < 4.78 is 54.0. The number of hydrogen-bond donors (Lipinski definition) is 3. The minimum atomic E-state index is -4.33. The van der Waals surface area contributed by atoms with Crippen LogP contribution in [0.3, 0.4) is 0 Å². The van der Waals surface area contributed by atoms with Crippen molar-refractivity contribution in [1.29, 1.82) is 0 Å². The van der Waals surface area contributed by atoms with Gasteiger partial charge in [-0.3, -0.25) is 0 Å². The zero-order valence-corrected chi connectivity index (χ0v) is 31.4. The van der Waals surface area contributed by atoms with Gasteiger partial charge in [0.2, 0.25) is 0 Å². The van der Waals surface area contributed by atoms with Gasteiger partial charge in [-0.05, 0) is 111 Å². The van der Waals surface area contributed by atoms with E-state index in [-0.39, 0.29) is 49.5 Å². The Morgan fingerprint density at radius 3 is 2.27 bits per heavy atom. The number of carbonyl (C=O) groups excluding carboxylic acids is 1. The lowest BCUT2D eigenvalue weighted by Gasteiger charge is -2.27. The number of aliphatic hydroxyl groups is 1. The molecule has 13 heteroatoms. The Morgan fingerprint density at radius 2 is 1.62 bits per heavy atom. The summed E-state index contributed by atoms with van der Waals surface area (Å²) in [7, 11) is 1.85. The van der Waals surface area contributed by atoms with Crippen LogP contribution in [0, 0.1) is 0 Å². The van der Waals surface area contributed by atoms with Crippen molar-refractivity contribution in [3.8, 4) is 11.5 Å². The van der Waals surface area contributed by atoms with Crippen molar-refractivity contribution >= 4 is 42.4 Å². The Morgan fingerprint density at radius 1 is 0.923 bits per heavy atom. The van der Waals surface area contributed by atoms with Gasteiger partial charge in [-0.1, -0.05) is 60.1 Å². The summed E-state index contributed by atoms with van der Waals surface area (Å²) in [4.78, 5) is 11.5. The van der Waals surface area contributed by atoms with Gasteiger partial charge in [0.25, 0.3) is 0 Å². The molecule has 0 spiro atoms. The molecule has 0 bridgehead atoms. The minimum Gasteiger partial charge on any atom is -0.486 e. The molecular weight excluding hydrogens is 740 g/mol. The Kier molecular flexibility index (Phi) is 19.3. The van der Waals surface area contributed by atoms with Crippen LogP contribution in [0.1, 0.15) is 59.8 Å². The molecule has 0 amide bonds. The first-order valence-corrected chi connectivity index (χ1v) is 17.0. The molecule has 1 aliphatic rings. The van der Waals surface area contributed by atoms with Gasteiger partial charge in [0.05, 0.1) is 18.3 Å². The van der Waals surface area contributed by atoms with E-state index in [1.54, 1.807) is 19.1 Å². The van der Waals surface area contributed by atoms with Crippen LogP contribution in [0.25, 0.3) is 0 Å². The fourth-order valence-corrected chi connectivity index (χ4v) is 5.77. The second kappa shape index (κ2) is 22.5. The first-order valence-electron chi connectivity index (χ1n) is 16.7. The van der Waals surface area contributed by atoms with E-state index >= 15 is 0 Å². The zero-order valence-electron chi connectivity index (χ0n) is 29.0. The lowest BCUT2D eigenvalue weighted by atomic mass is 9.88. The highest BCUT2D eigenvalue weighted by Crippen LogP contribution is 2.32. The number of halogens is 6. The standard InChI is InChI=1S/C22H26ClNO4.C17H18F3NO.2ClH/c1-2-27-22(26)14-28-20-9-7-15-6-8-19(11-17(15)12-20)24-13-21(25)16-4-3-5-18(23)10-16;1-21-12-11-16(13-5-3-2-4-6-13)22-15-9-7-14(8-10-15)17(18,19)20;;/h3-5,7,9-10,12,19,21,24-25H,2,6,8,11,13-14H2,1H3;2-10,16,21H,11-12H2,1H3;2*1H/t19-,21-;;;/m0.../s1. The predicted octanol–water partition coefficient (Wildman–Crippen LogP) is 8.74. The van der Waals surface area contributed by atoms with Crippen LogP contribution in [-0.2, 0) is 28.5 Å². The lowest BCUT2D eigenvalue weighted by Crippen LogP contribution is -2.37. The van der Waals surface area contributed by atoms with Crippen LogP contribution in [0.4, 0.5) is 13.2 Å². The summed E-state index contributed by atoms with van der Waals surface area (Å²) in [6.45, 7) is 3.26. The number of fused-ring (bicyclic) bond motifs is 1. The highest BCUT2D eigenvalue weighted by Gasteiger charge is 2.30. The molecule has 0 saturated carbocycles. The van der Waals surface area contributed by atoms with E-state index in [1.807, 2.05) is 61.6 Å². The normalized spacial score (nSPS) is 14.6. The van der Waals surface area contributed by atoms with Crippen molar-refractivity contribution in [1.82, 2.24) is 10.6 Å². The first kappa shape index (κ1) is 44.7. The Balaban J connectivity index is 0.000000356. The maximum atomic E-state index is 12.6. The molecule has 52 heavy (non-hydrogen) atoms. The molecule has 0 heterocycles. The lowest BCUT2D eigenvalue weighted by molar-refractivity contribution is -0.145. The van der Waals surface area contributed by atoms with Crippen molar-refractivity contribution in [2.45, 2.75) is 57.0 Å². The molecule has 0 aliphatic heterocycles. The minimum absolute atomic E-state index is 0. The summed E-state index contributed by atoms with van der Waals surface area (Å²) >= 11 is 6.00. The number of carbonyl (C=O) groups is 1. The van der Waals surface area contributed by atoms with Gasteiger partial charge in [0.15, 0.2) is 6.61 Å². The fourth-order valence-electron chi connectivity index (χ4n) is 5.58. The highest BCUT2D eigenvalue weighted by atomic mass is 35.5. The van der Waals surface area contributed by atoms with Gasteiger partial charge >= 0.3 is 12.1 Å². The molecule has 0 fully saturated rings. The van der Waals surface area contributed by atoms with E-state index < -0.39 is 17.8 Å². The van der Waals surface area contributed by atoms with E-state index in [1.165, 1.54) is 23.3 Å². The Hall–Kier alpha value is -3.51. The molecule has 1 unspecified atom stereocenters. The smallest absolute Gasteiger partial charge is 0.416 e. The van der Waals surface area contributed by atoms with Crippen molar-refractivity contribution in [3.05, 3.63) is 130 Å². The highest BCUT2D eigenvalue weighted by molar-refractivity contribution is 6.30. The molecular formula is C39H46Cl3F3N2O5. The van der Waals surface area contributed by atoms with Crippen molar-refractivity contribution in [2.75, 3.05) is 33.4 Å². The van der Waals surface area contributed by atoms with E-state index in [0.29, 0.717) is 29.7 Å². The average Bonchev–Trinajstić information content (AvgIpc) is 3.12. The molecule has 4 aromatic carbocycles. The average molecular weight is 786 g/mol. The zero-order chi connectivity index (χ0) is 35.9. The van der Waals surface area contributed by atoms with E-state index in [4.69, 9.17) is 25.8 Å². The number of benzene rings is 4. The van der Waals surface area contributed by atoms with Crippen molar-refractivity contribution in [3.63, 3.8) is 0 Å². The molecule has 5 rings (SSSR count). The first-order chi connectivity index (χ1) is 24.0. The molecule has 284 valence electrons. The van der Waals surface area contributed by atoms with E-state index in [0.717, 1.165) is 55.5 Å². The van der Waals surface area contributed by atoms with E-state index in [9.17, 15) is 23.1 Å². The second-order valence-electron chi connectivity index (χ2n) is 11.9. The quantitative estimate of drug-likeness (QED) is 0.110. The van der Waals surface area contributed by atoms with Gasteiger partial charge in [-0.15, -0.1) is 24.8 Å². The third kappa shape index (κ3) is 14.5. The van der Waals surface area contributed by atoms with Crippen LogP contribution in [-0.4, -0.2) is 50.5 Å². The molecule has 3 N–H and O–H groups in total. The monoisotopic (exact) mass is 784 g/mol. The number of nitrogens with one attached hydrogen (secondary N) is 2. The van der Waals surface area contributed by atoms with Crippen LogP contribution >= 0.6 is 36.4 Å². The van der Waals surface area contributed by atoms with Gasteiger partial charge in [-0.25, -0.2) is 4.79 Å². The number of ether oxygens (including phenoxy) is 3. The van der Waals surface area contributed by atoms with Gasteiger partial charge < -0.3 is 30.0 Å². The Bertz CT molecular complexity index is 1630. The molecule has 7 nitrogen and oxygen atoms in total. The van der Waals surface area contributed by atoms with Crippen LogP contribution < -0.4 is 20.1 Å². The summed E-state index contributed by atoms with van der Waals surface area (Å²) in [6, 6.07) is 28.0. The maximum Gasteiger partial charge on any atom is 0.416 e. The van der Waals surface area contributed by atoms with Gasteiger partial charge in [0, 0.05) is 24.0 Å². The van der Waals surface area contributed by atoms with Crippen LogP contribution in [0.2, 0.25) is 5.02 Å². The van der Waals surface area contributed by atoms with Crippen molar-refractivity contribution in [2.24, 2.45) is 0 Å². The van der Waals surface area contributed by atoms with Crippen molar-refractivity contribution < 1.29 is 37.3 Å². The number of esters is 1. The molecule has 1 aliphatic carbocycles. The molecule has 3 atom stereocenters. The number of rotatable bonds is 14. The van der Waals surface area contributed by atoms with Gasteiger partial charge in [-0.2, -0.15) is 13.2 Å². The molecule has 0 aromatic heterocycles. The summed E-state index contributed by atoms with van der Waals surface area (Å²) in [5.74, 6) is 0.735. The summed E-state index contributed by atoms with van der Waals surface area (Å²) in [5, 5.41) is 17.5. The van der Waals surface area contributed by atoms with E-state index in [2.05, 4.69) is 16.7 Å². The number of aryl methyl sites for hydroxylation is 1. The SMILES string of the molecule is CCOC(=O)COc1ccc2c(c1)C[C@@H](NC[C@H](O)c1cccc(Cl)c1)CC2.CNCCC(Oc1ccc(C(F)(F)F)cc1)c1ccccc1.Cl.Cl. The third-order valence-corrected chi connectivity index (χ3v) is 8.42. The molecule has 0 radical (unpaired) electrons. The molecule has 4 aromatic rings. The summed E-state index contributed by atoms with van der Waals surface area (Å²) in [5.41, 5.74) is 3.65. The number of alkyl halides is 3. The number of hydrogen-bond acceptors (Lipinski definition) is 7. The maximum absolute atomic E-state index is 12.6. The second-order valence-corrected chi connectivity index (χ2v) is 12.3. The third-order valence-electron chi connectivity index (χ3n) is 8.19. The van der Waals surface area contributed by atoms with Crippen LogP contribution in [0.15, 0.2) is 97.1 Å². The Labute approximate surface area is 321 Å². The number of aliphatic hydroxyl groups excluding tert-OH is 1. The van der Waals surface area contributed by atoms with Gasteiger partial charge in [0.1, 0.15) is 17.6 Å². The fraction of sp³-hybridized carbons (Fsp3) is 0.359. The topological polar surface area (TPSA) is 89.1 Å². The largest absolute Gasteiger partial charge is 0.486 e.